The number of carbonyl (C=O) groups is 1. The number of nitrogens with one attached hydrogen (secondary N) is 2. The minimum Gasteiger partial charge on any atom is -0.465 e. The zero-order valence-electron chi connectivity index (χ0n) is 15.2. The van der Waals surface area contributed by atoms with E-state index >= 15 is 0 Å². The van der Waals surface area contributed by atoms with Gasteiger partial charge in [-0.3, -0.25) is 9.52 Å². The summed E-state index contributed by atoms with van der Waals surface area (Å²) in [6, 6.07) is 12.4. The Balaban J connectivity index is 1.68. The van der Waals surface area contributed by atoms with Crippen LogP contribution in [-0.2, 0) is 21.0 Å². The van der Waals surface area contributed by atoms with Gasteiger partial charge >= 0.3 is 6.18 Å². The van der Waals surface area contributed by atoms with Crippen LogP contribution in [0.1, 0.15) is 11.3 Å². The van der Waals surface area contributed by atoms with Crippen LogP contribution in [0.15, 0.2) is 82.3 Å². The minimum absolute atomic E-state index is 0.177. The Morgan fingerprint density at radius 3 is 2.33 bits per heavy atom. The molecule has 30 heavy (non-hydrogen) atoms. The topological polar surface area (TPSA) is 88.4 Å². The molecule has 0 radical (unpaired) electrons. The Hall–Kier alpha value is -3.53. The average Bonchev–Trinajstić information content (AvgIpc) is 3.20. The molecule has 10 heteroatoms. The van der Waals surface area contributed by atoms with Crippen LogP contribution in [-0.4, -0.2) is 14.3 Å². The Morgan fingerprint density at radius 1 is 0.967 bits per heavy atom. The maximum atomic E-state index is 12.8. The number of hydrogen-bond donors (Lipinski definition) is 2. The lowest BCUT2D eigenvalue weighted by Gasteiger charge is -2.11. The lowest BCUT2D eigenvalue weighted by atomic mass is 10.2. The van der Waals surface area contributed by atoms with Crippen molar-refractivity contribution in [1.82, 2.24) is 0 Å². The first-order valence-corrected chi connectivity index (χ1v) is 9.94. The Labute approximate surface area is 170 Å². The number of amides is 1. The van der Waals surface area contributed by atoms with Gasteiger partial charge in [0.25, 0.3) is 10.0 Å². The van der Waals surface area contributed by atoms with Crippen LogP contribution < -0.4 is 10.0 Å². The standard InChI is InChI=1S/C20H15F3N2O4S/c21-20(22,23)14-3-1-4-16(13-14)25-30(27,28)18-9-6-15(7-10-18)24-19(26)11-8-17-5-2-12-29-17/h1-13,25H,(H,24,26). The van der Waals surface area contributed by atoms with Crippen LogP contribution in [0.4, 0.5) is 24.5 Å². The van der Waals surface area contributed by atoms with Crippen molar-refractivity contribution in [3.8, 4) is 0 Å². The van der Waals surface area contributed by atoms with Crippen molar-refractivity contribution in [3.63, 3.8) is 0 Å². The van der Waals surface area contributed by atoms with Gasteiger partial charge in [0, 0.05) is 17.5 Å². The first-order chi connectivity index (χ1) is 14.1. The molecule has 2 N–H and O–H groups in total. The molecule has 0 aliphatic carbocycles. The minimum atomic E-state index is -4.59. The van der Waals surface area contributed by atoms with Gasteiger partial charge < -0.3 is 9.73 Å². The number of benzene rings is 2. The molecule has 0 unspecified atom stereocenters. The third-order valence-corrected chi connectivity index (χ3v) is 5.21. The van der Waals surface area contributed by atoms with E-state index in [0.29, 0.717) is 17.5 Å². The van der Waals surface area contributed by atoms with Gasteiger partial charge in [0.1, 0.15) is 5.76 Å². The van der Waals surface area contributed by atoms with Gasteiger partial charge in [-0.05, 0) is 60.7 Å². The van der Waals surface area contributed by atoms with Gasteiger partial charge in [0.15, 0.2) is 0 Å². The predicted molar refractivity (Wildman–Crippen MR) is 105 cm³/mol. The average molecular weight is 436 g/mol. The van der Waals surface area contributed by atoms with Crippen molar-refractivity contribution in [2.75, 3.05) is 10.0 Å². The molecule has 3 aromatic rings. The Morgan fingerprint density at radius 2 is 1.70 bits per heavy atom. The van der Waals surface area contributed by atoms with Gasteiger partial charge in [-0.25, -0.2) is 8.42 Å². The lowest BCUT2D eigenvalue weighted by molar-refractivity contribution is -0.137. The highest BCUT2D eigenvalue weighted by Crippen LogP contribution is 2.31. The monoisotopic (exact) mass is 436 g/mol. The van der Waals surface area contributed by atoms with Crippen molar-refractivity contribution in [3.05, 3.63) is 84.3 Å². The van der Waals surface area contributed by atoms with Crippen molar-refractivity contribution >= 4 is 33.4 Å². The molecule has 1 amide bonds. The number of halogens is 3. The zero-order valence-corrected chi connectivity index (χ0v) is 16.0. The molecule has 0 aliphatic rings. The molecule has 0 bridgehead atoms. The largest absolute Gasteiger partial charge is 0.465 e. The van der Waals surface area contributed by atoms with Gasteiger partial charge in [-0.2, -0.15) is 13.2 Å². The quantitative estimate of drug-likeness (QED) is 0.546. The number of rotatable bonds is 6. The van der Waals surface area contributed by atoms with E-state index in [2.05, 4.69) is 10.0 Å². The number of alkyl halides is 3. The van der Waals surface area contributed by atoms with E-state index in [4.69, 9.17) is 4.42 Å². The van der Waals surface area contributed by atoms with Crippen LogP contribution in [0.5, 0.6) is 0 Å². The maximum Gasteiger partial charge on any atom is 0.416 e. The summed E-state index contributed by atoms with van der Waals surface area (Å²) in [6.45, 7) is 0. The molecule has 0 fully saturated rings. The first kappa shape index (κ1) is 21.2. The number of hydrogen-bond acceptors (Lipinski definition) is 4. The smallest absolute Gasteiger partial charge is 0.416 e. The third-order valence-electron chi connectivity index (χ3n) is 3.82. The Kier molecular flexibility index (Phi) is 5.97. The molecule has 0 saturated heterocycles. The fraction of sp³-hybridized carbons (Fsp3) is 0.0500. The fourth-order valence-electron chi connectivity index (χ4n) is 2.42. The highest BCUT2D eigenvalue weighted by atomic mass is 32.2. The summed E-state index contributed by atoms with van der Waals surface area (Å²) in [6.07, 6.45) is -0.414. The summed E-state index contributed by atoms with van der Waals surface area (Å²) in [5, 5.41) is 2.55. The highest BCUT2D eigenvalue weighted by Gasteiger charge is 2.30. The van der Waals surface area contributed by atoms with E-state index in [1.54, 1.807) is 12.1 Å². The van der Waals surface area contributed by atoms with Crippen molar-refractivity contribution in [1.29, 1.82) is 0 Å². The molecule has 1 aromatic heterocycles. The molecule has 0 spiro atoms. The molecule has 0 aliphatic heterocycles. The number of sulfonamides is 1. The summed E-state index contributed by atoms with van der Waals surface area (Å²) in [4.78, 5) is 11.7. The number of carbonyl (C=O) groups excluding carboxylic acids is 1. The second kappa shape index (κ2) is 8.46. The second-order valence-corrected chi connectivity index (χ2v) is 7.73. The van der Waals surface area contributed by atoms with Crippen LogP contribution >= 0.6 is 0 Å². The van der Waals surface area contributed by atoms with Crippen LogP contribution in [0, 0.1) is 0 Å². The van der Waals surface area contributed by atoms with Gasteiger partial charge in [-0.15, -0.1) is 0 Å². The third kappa shape index (κ3) is 5.51. The van der Waals surface area contributed by atoms with Gasteiger partial charge in [0.05, 0.1) is 16.7 Å². The van der Waals surface area contributed by atoms with E-state index < -0.39 is 27.7 Å². The second-order valence-electron chi connectivity index (χ2n) is 6.05. The molecular formula is C20H15F3N2O4S. The molecule has 3 rings (SSSR count). The molecule has 2 aromatic carbocycles. The molecular weight excluding hydrogens is 421 g/mol. The zero-order chi connectivity index (χ0) is 21.8. The molecule has 6 nitrogen and oxygen atoms in total. The first-order valence-electron chi connectivity index (χ1n) is 8.46. The SMILES string of the molecule is O=C(C=Cc1ccco1)Nc1ccc(S(=O)(=O)Nc2cccc(C(F)(F)F)c2)cc1. The van der Waals surface area contributed by atoms with E-state index in [9.17, 15) is 26.4 Å². The van der Waals surface area contributed by atoms with E-state index in [0.717, 1.165) is 12.1 Å². The summed E-state index contributed by atoms with van der Waals surface area (Å²) in [5.74, 6) is 0.0383. The van der Waals surface area contributed by atoms with E-state index in [-0.39, 0.29) is 10.6 Å². The molecule has 0 atom stereocenters. The van der Waals surface area contributed by atoms with Crippen LogP contribution in [0.3, 0.4) is 0 Å². The fourth-order valence-corrected chi connectivity index (χ4v) is 3.47. The van der Waals surface area contributed by atoms with Gasteiger partial charge in [0.2, 0.25) is 5.91 Å². The van der Waals surface area contributed by atoms with Crippen molar-refractivity contribution in [2.24, 2.45) is 0 Å². The molecule has 0 saturated carbocycles. The number of furan rings is 1. The van der Waals surface area contributed by atoms with Crippen LogP contribution in [0.2, 0.25) is 0 Å². The maximum absolute atomic E-state index is 12.8. The van der Waals surface area contributed by atoms with E-state index in [1.807, 2.05) is 0 Å². The molecule has 156 valence electrons. The van der Waals surface area contributed by atoms with Crippen molar-refractivity contribution in [2.45, 2.75) is 11.1 Å². The van der Waals surface area contributed by atoms with E-state index in [1.165, 1.54) is 48.7 Å². The lowest BCUT2D eigenvalue weighted by Crippen LogP contribution is -2.14. The van der Waals surface area contributed by atoms with Crippen molar-refractivity contribution < 1.29 is 30.8 Å². The van der Waals surface area contributed by atoms with Crippen LogP contribution in [0.25, 0.3) is 6.08 Å². The Bertz CT molecular complexity index is 1150. The summed E-state index contributed by atoms with van der Waals surface area (Å²) in [7, 11) is -4.12. The number of anilines is 2. The van der Waals surface area contributed by atoms with Gasteiger partial charge in [-0.1, -0.05) is 6.07 Å². The predicted octanol–water partition coefficient (Wildman–Crippen LogP) is 4.75. The summed E-state index contributed by atoms with van der Waals surface area (Å²) in [5.41, 5.74) is -0.851. The summed E-state index contributed by atoms with van der Waals surface area (Å²) < 4.78 is 70.4. The normalized spacial score (nSPS) is 12.1. The molecule has 1 heterocycles. The summed E-state index contributed by atoms with van der Waals surface area (Å²) >= 11 is 0. The highest BCUT2D eigenvalue weighted by molar-refractivity contribution is 7.92.